The zero-order valence-electron chi connectivity index (χ0n) is 15.3. The maximum atomic E-state index is 13.0. The Morgan fingerprint density at radius 3 is 2.31 bits per heavy atom. The molecule has 1 aromatic rings. The summed E-state index contributed by atoms with van der Waals surface area (Å²) in [5.41, 5.74) is 0.506. The summed E-state index contributed by atoms with van der Waals surface area (Å²) in [6.45, 7) is 0. The van der Waals surface area contributed by atoms with E-state index >= 15 is 0 Å². The van der Waals surface area contributed by atoms with Crippen molar-refractivity contribution in [2.45, 2.75) is 69.1 Å². The average molecular weight is 379 g/mol. The summed E-state index contributed by atoms with van der Waals surface area (Å²) in [5.74, 6) is 1.18. The molecule has 2 unspecified atom stereocenters. The van der Waals surface area contributed by atoms with Gasteiger partial charge in [-0.05, 0) is 42.9 Å². The van der Waals surface area contributed by atoms with Crippen LogP contribution in [0.5, 0.6) is 0 Å². The lowest BCUT2D eigenvalue weighted by atomic mass is 9.70. The molecule has 2 aliphatic carbocycles. The van der Waals surface area contributed by atoms with Crippen LogP contribution in [-0.4, -0.2) is 14.3 Å². The first kappa shape index (κ1) is 19.4. The zero-order valence-corrected chi connectivity index (χ0v) is 16.1. The van der Waals surface area contributed by atoms with E-state index in [1.54, 1.807) is 12.1 Å². The zero-order chi connectivity index (χ0) is 18.6. The van der Waals surface area contributed by atoms with Crippen LogP contribution < -0.4 is 10.5 Å². The maximum Gasteiger partial charge on any atom is 0.238 e. The predicted molar refractivity (Wildman–Crippen MR) is 103 cm³/mol. The highest BCUT2D eigenvalue weighted by atomic mass is 32.2. The predicted octanol–water partition coefficient (Wildman–Crippen LogP) is 4.05. The highest BCUT2D eigenvalue weighted by Gasteiger charge is 2.36. The first-order valence-corrected chi connectivity index (χ1v) is 11.4. The van der Waals surface area contributed by atoms with Gasteiger partial charge in [0.1, 0.15) is 0 Å². The molecular formula is C20H30N2O3S. The van der Waals surface area contributed by atoms with Gasteiger partial charge in [-0.25, -0.2) is 13.6 Å². The van der Waals surface area contributed by atoms with Crippen LogP contribution in [-0.2, 0) is 14.8 Å². The number of hydrogen-bond acceptors (Lipinski definition) is 3. The summed E-state index contributed by atoms with van der Waals surface area (Å²) >= 11 is 0. The summed E-state index contributed by atoms with van der Waals surface area (Å²) in [7, 11) is -3.77. The minimum absolute atomic E-state index is 0.0271. The minimum atomic E-state index is -3.77. The van der Waals surface area contributed by atoms with Gasteiger partial charge in [-0.15, -0.1) is 0 Å². The lowest BCUT2D eigenvalue weighted by Gasteiger charge is -2.36. The van der Waals surface area contributed by atoms with Crippen molar-refractivity contribution in [1.29, 1.82) is 0 Å². The fourth-order valence-electron chi connectivity index (χ4n) is 4.77. The average Bonchev–Trinajstić information content (AvgIpc) is 2.90. The summed E-state index contributed by atoms with van der Waals surface area (Å²) < 4.78 is 23.1. The van der Waals surface area contributed by atoms with Crippen molar-refractivity contribution in [1.82, 2.24) is 0 Å². The van der Waals surface area contributed by atoms with Crippen LogP contribution in [0.15, 0.2) is 29.2 Å². The molecule has 6 heteroatoms. The molecule has 144 valence electrons. The first-order chi connectivity index (χ1) is 12.4. The highest BCUT2D eigenvalue weighted by Crippen LogP contribution is 2.41. The number of benzene rings is 1. The van der Waals surface area contributed by atoms with E-state index in [9.17, 15) is 13.2 Å². The minimum Gasteiger partial charge on any atom is -0.326 e. The number of carbonyl (C=O) groups excluding carboxylic acids is 1. The fourth-order valence-corrected chi connectivity index (χ4v) is 5.33. The Hall–Kier alpha value is -1.40. The second-order valence-corrected chi connectivity index (χ2v) is 9.43. The monoisotopic (exact) mass is 378 g/mol. The molecule has 0 saturated heterocycles. The molecule has 5 nitrogen and oxygen atoms in total. The van der Waals surface area contributed by atoms with E-state index < -0.39 is 10.0 Å². The van der Waals surface area contributed by atoms with Gasteiger partial charge in [0, 0.05) is 11.6 Å². The Bertz CT molecular complexity index is 724. The molecule has 1 aromatic carbocycles. The number of rotatable bonds is 4. The summed E-state index contributed by atoms with van der Waals surface area (Å²) in [5, 5.41) is 8.14. The summed E-state index contributed by atoms with van der Waals surface area (Å²) in [6.07, 6.45) is 12.1. The van der Waals surface area contributed by atoms with Gasteiger partial charge in [-0.1, -0.05) is 57.4 Å². The molecule has 0 aliphatic heterocycles. The van der Waals surface area contributed by atoms with Gasteiger partial charge in [0.05, 0.1) is 4.90 Å². The van der Waals surface area contributed by atoms with Crippen molar-refractivity contribution in [3.8, 4) is 0 Å². The van der Waals surface area contributed by atoms with Gasteiger partial charge >= 0.3 is 0 Å². The number of nitrogens with two attached hydrogens (primary N) is 1. The van der Waals surface area contributed by atoms with Crippen LogP contribution in [0.3, 0.4) is 0 Å². The van der Waals surface area contributed by atoms with Gasteiger partial charge < -0.3 is 5.32 Å². The third kappa shape index (κ3) is 4.86. The Kier molecular flexibility index (Phi) is 6.35. The smallest absolute Gasteiger partial charge is 0.238 e. The molecule has 0 bridgehead atoms. The molecule has 0 aromatic heterocycles. The first-order valence-electron chi connectivity index (χ1n) is 9.89. The van der Waals surface area contributed by atoms with E-state index in [0.29, 0.717) is 17.5 Å². The Morgan fingerprint density at radius 1 is 0.962 bits per heavy atom. The van der Waals surface area contributed by atoms with Crippen molar-refractivity contribution < 1.29 is 13.2 Å². The normalized spacial score (nSPS) is 25.4. The molecule has 3 N–H and O–H groups in total. The molecule has 2 fully saturated rings. The van der Waals surface area contributed by atoms with Crippen LogP contribution in [0, 0.1) is 17.8 Å². The molecule has 0 radical (unpaired) electrons. The van der Waals surface area contributed by atoms with Gasteiger partial charge in [-0.3, -0.25) is 4.79 Å². The number of amides is 1. The van der Waals surface area contributed by atoms with Crippen LogP contribution in [0.4, 0.5) is 5.69 Å². The van der Waals surface area contributed by atoms with Crippen LogP contribution in [0.2, 0.25) is 0 Å². The second kappa shape index (κ2) is 8.53. The molecule has 0 heterocycles. The van der Waals surface area contributed by atoms with Crippen molar-refractivity contribution >= 4 is 21.6 Å². The van der Waals surface area contributed by atoms with Crippen molar-refractivity contribution in [2.24, 2.45) is 22.9 Å². The topological polar surface area (TPSA) is 89.3 Å². The van der Waals surface area contributed by atoms with E-state index in [0.717, 1.165) is 19.3 Å². The van der Waals surface area contributed by atoms with Crippen LogP contribution >= 0.6 is 0 Å². The van der Waals surface area contributed by atoms with E-state index in [2.05, 4.69) is 5.32 Å². The summed E-state index contributed by atoms with van der Waals surface area (Å²) in [4.78, 5) is 13.0. The third-order valence-corrected chi connectivity index (χ3v) is 7.00. The van der Waals surface area contributed by atoms with Crippen molar-refractivity contribution in [2.75, 3.05) is 5.32 Å². The molecule has 2 atom stereocenters. The fraction of sp³-hybridized carbons (Fsp3) is 0.650. The number of sulfonamides is 1. The second-order valence-electron chi connectivity index (χ2n) is 7.87. The van der Waals surface area contributed by atoms with Gasteiger partial charge in [-0.2, -0.15) is 0 Å². The molecule has 2 aliphatic rings. The Morgan fingerprint density at radius 2 is 1.62 bits per heavy atom. The van der Waals surface area contributed by atoms with Gasteiger partial charge in [0.25, 0.3) is 0 Å². The quantitative estimate of drug-likeness (QED) is 0.775. The third-order valence-electron chi connectivity index (χ3n) is 6.09. The molecule has 0 spiro atoms. The molecule has 3 rings (SSSR count). The van der Waals surface area contributed by atoms with Crippen LogP contribution in [0.25, 0.3) is 0 Å². The van der Waals surface area contributed by atoms with Gasteiger partial charge in [0.2, 0.25) is 15.9 Å². The number of primary sulfonamides is 1. The molecular weight excluding hydrogens is 348 g/mol. The SMILES string of the molecule is NS(=O)(=O)c1cccc(NC(=O)C2CCCCC2C2CCCCCC2)c1. The number of hydrogen-bond donors (Lipinski definition) is 2. The van der Waals surface area contributed by atoms with E-state index in [1.165, 1.54) is 57.1 Å². The largest absolute Gasteiger partial charge is 0.326 e. The Balaban J connectivity index is 1.72. The van der Waals surface area contributed by atoms with Crippen molar-refractivity contribution in [3.05, 3.63) is 24.3 Å². The lowest BCUT2D eigenvalue weighted by molar-refractivity contribution is -0.123. The molecule has 1 amide bonds. The maximum absolute atomic E-state index is 13.0. The van der Waals surface area contributed by atoms with E-state index in [4.69, 9.17) is 5.14 Å². The molecule has 26 heavy (non-hydrogen) atoms. The summed E-state index contributed by atoms with van der Waals surface area (Å²) in [6, 6.07) is 6.21. The molecule has 2 saturated carbocycles. The Labute approximate surface area is 156 Å². The standard InChI is InChI=1S/C20H30N2O3S/c21-26(24,25)17-11-7-10-16(14-17)22-20(23)19-13-6-5-12-18(19)15-8-3-1-2-4-9-15/h7,10-11,14-15,18-19H,1-6,8-9,12-13H2,(H,22,23)(H2,21,24,25). The van der Waals surface area contributed by atoms with Gasteiger partial charge in [0.15, 0.2) is 0 Å². The number of anilines is 1. The van der Waals surface area contributed by atoms with E-state index in [1.807, 2.05) is 0 Å². The van der Waals surface area contributed by atoms with Crippen LogP contribution in [0.1, 0.15) is 64.2 Å². The highest BCUT2D eigenvalue weighted by molar-refractivity contribution is 7.89. The number of nitrogens with one attached hydrogen (secondary N) is 1. The van der Waals surface area contributed by atoms with E-state index in [-0.39, 0.29) is 16.7 Å². The number of carbonyl (C=O) groups is 1. The lowest BCUT2D eigenvalue weighted by Crippen LogP contribution is -2.35. The van der Waals surface area contributed by atoms with Crippen molar-refractivity contribution in [3.63, 3.8) is 0 Å².